The molecule has 1 aliphatic rings. The summed E-state index contributed by atoms with van der Waals surface area (Å²) in [4.78, 5) is 39.4. The number of pyridine rings is 1. The molecule has 1 fully saturated rings. The first-order valence-corrected chi connectivity index (χ1v) is 10.2. The van der Waals surface area contributed by atoms with Gasteiger partial charge in [0, 0.05) is 12.1 Å². The number of aromatic nitrogens is 1. The number of nitrogens with one attached hydrogen (secondary N) is 1. The number of nitro groups is 1. The number of benzene rings is 2. The normalized spacial score (nSPS) is 14.4. The fourth-order valence-electron chi connectivity index (χ4n) is 3.05. The Bertz CT molecular complexity index is 1280. The van der Waals surface area contributed by atoms with E-state index in [1.807, 2.05) is 6.07 Å². The minimum absolute atomic E-state index is 0.0430. The molecule has 0 bridgehead atoms. The van der Waals surface area contributed by atoms with Crippen molar-refractivity contribution in [2.75, 3.05) is 12.1 Å². The van der Waals surface area contributed by atoms with Crippen molar-refractivity contribution < 1.29 is 24.0 Å². The number of carbonyl (C=O) groups excluding carboxylic acids is 2. The molecular weight excluding hydrogens is 496 g/mol. The molecule has 0 saturated carbocycles. The first kappa shape index (κ1) is 22.0. The fourth-order valence-corrected chi connectivity index (χ4v) is 3.59. The zero-order chi connectivity index (χ0) is 23.5. The maximum absolute atomic E-state index is 12.8. The van der Waals surface area contributed by atoms with Crippen molar-refractivity contribution in [3.8, 4) is 17.4 Å². The molecule has 166 valence electrons. The number of hydrazine groups is 1. The smallest absolute Gasteiger partial charge is 0.287 e. The lowest BCUT2D eigenvalue weighted by Crippen LogP contribution is -2.35. The number of para-hydroxylation sites is 1. The lowest BCUT2D eigenvalue weighted by molar-refractivity contribution is -0.385. The number of carbonyl (C=O) groups is 2. The van der Waals surface area contributed by atoms with Gasteiger partial charge in [-0.2, -0.15) is 0 Å². The second-order valence-corrected chi connectivity index (χ2v) is 7.58. The molecule has 1 saturated heterocycles. The monoisotopic (exact) mass is 510 g/mol. The van der Waals surface area contributed by atoms with Gasteiger partial charge in [-0.05, 0) is 51.8 Å². The molecule has 1 aromatic heterocycles. The summed E-state index contributed by atoms with van der Waals surface area (Å²) in [7, 11) is 1.43. The zero-order valence-corrected chi connectivity index (χ0v) is 18.6. The molecule has 0 radical (unpaired) electrons. The Morgan fingerprint density at radius 3 is 2.55 bits per heavy atom. The average Bonchev–Trinajstić information content (AvgIpc) is 3.09. The van der Waals surface area contributed by atoms with E-state index in [2.05, 4.69) is 26.3 Å². The first-order valence-electron chi connectivity index (χ1n) is 9.45. The third-order valence-corrected chi connectivity index (χ3v) is 5.20. The predicted octanol–water partition coefficient (Wildman–Crippen LogP) is 4.01. The van der Waals surface area contributed by atoms with Crippen LogP contribution in [-0.4, -0.2) is 28.8 Å². The largest absolute Gasteiger partial charge is 0.493 e. The molecule has 0 atom stereocenters. The van der Waals surface area contributed by atoms with Gasteiger partial charge in [-0.25, -0.2) is 9.99 Å². The van der Waals surface area contributed by atoms with Crippen LogP contribution in [0, 0.1) is 10.1 Å². The van der Waals surface area contributed by atoms with Crippen molar-refractivity contribution in [3.63, 3.8) is 0 Å². The van der Waals surface area contributed by atoms with Gasteiger partial charge < -0.3 is 9.47 Å². The van der Waals surface area contributed by atoms with Crippen molar-refractivity contribution in [3.05, 3.63) is 86.5 Å². The van der Waals surface area contributed by atoms with E-state index in [-0.39, 0.29) is 22.9 Å². The van der Waals surface area contributed by atoms with E-state index in [0.717, 1.165) is 6.20 Å². The van der Waals surface area contributed by atoms with Gasteiger partial charge in [-0.3, -0.25) is 25.1 Å². The third-order valence-electron chi connectivity index (χ3n) is 4.61. The molecule has 2 heterocycles. The van der Waals surface area contributed by atoms with E-state index in [1.54, 1.807) is 36.4 Å². The molecule has 10 nitrogen and oxygen atoms in total. The summed E-state index contributed by atoms with van der Waals surface area (Å²) in [6.45, 7) is 0. The molecule has 33 heavy (non-hydrogen) atoms. The highest BCUT2D eigenvalue weighted by molar-refractivity contribution is 9.10. The van der Waals surface area contributed by atoms with Crippen molar-refractivity contribution in [1.29, 1.82) is 0 Å². The second kappa shape index (κ2) is 9.09. The summed E-state index contributed by atoms with van der Waals surface area (Å²) in [5, 5.41) is 12.0. The number of anilines is 1. The molecule has 11 heteroatoms. The Balaban J connectivity index is 1.62. The first-order chi connectivity index (χ1) is 15.9. The number of halogens is 1. The van der Waals surface area contributed by atoms with Gasteiger partial charge in [0.1, 0.15) is 11.8 Å². The minimum atomic E-state index is -0.561. The summed E-state index contributed by atoms with van der Waals surface area (Å²) >= 11 is 3.40. The van der Waals surface area contributed by atoms with Crippen LogP contribution >= 0.6 is 15.9 Å². The number of hydrogen-bond donors (Lipinski definition) is 1. The van der Waals surface area contributed by atoms with Crippen LogP contribution in [0.1, 0.15) is 5.56 Å². The number of nitrogens with zero attached hydrogens (tertiary/aromatic N) is 3. The SMILES string of the molecule is COc1cc(/C=C2/C(=O)NN(c3ccccc3)C2=O)cc(Br)c1Oc1ccc([N+](=O)[O-])cn1. The molecule has 1 aliphatic heterocycles. The van der Waals surface area contributed by atoms with Gasteiger partial charge in [-0.1, -0.05) is 18.2 Å². The zero-order valence-electron chi connectivity index (χ0n) is 17.0. The molecular formula is C22H15BrN4O6. The van der Waals surface area contributed by atoms with Crippen LogP contribution in [0.3, 0.4) is 0 Å². The van der Waals surface area contributed by atoms with Gasteiger partial charge in [0.25, 0.3) is 17.5 Å². The topological polar surface area (TPSA) is 124 Å². The van der Waals surface area contributed by atoms with Crippen molar-refractivity contribution in [1.82, 2.24) is 10.4 Å². The van der Waals surface area contributed by atoms with Crippen LogP contribution in [0.15, 0.2) is 70.8 Å². The average molecular weight is 511 g/mol. The highest BCUT2D eigenvalue weighted by Gasteiger charge is 2.34. The molecule has 2 aromatic carbocycles. The molecule has 3 aromatic rings. The van der Waals surface area contributed by atoms with Gasteiger partial charge in [0.05, 0.1) is 22.2 Å². The van der Waals surface area contributed by atoms with E-state index in [1.165, 1.54) is 30.3 Å². The summed E-state index contributed by atoms with van der Waals surface area (Å²) in [5.74, 6) is -0.336. The summed E-state index contributed by atoms with van der Waals surface area (Å²) in [5.41, 5.74) is 3.38. The molecule has 1 N–H and O–H groups in total. The molecule has 2 amide bonds. The fraction of sp³-hybridized carbons (Fsp3) is 0.0455. The molecule has 0 aliphatic carbocycles. The lowest BCUT2D eigenvalue weighted by atomic mass is 10.1. The van der Waals surface area contributed by atoms with E-state index < -0.39 is 16.7 Å². The Kier molecular flexibility index (Phi) is 6.05. The van der Waals surface area contributed by atoms with Crippen molar-refractivity contribution >= 4 is 45.2 Å². The van der Waals surface area contributed by atoms with Crippen LogP contribution in [0.25, 0.3) is 6.08 Å². The van der Waals surface area contributed by atoms with E-state index in [9.17, 15) is 19.7 Å². The number of methoxy groups -OCH3 is 1. The third kappa shape index (κ3) is 4.53. The quantitative estimate of drug-likeness (QED) is 0.230. The standard InChI is InChI=1S/C22H15BrN4O6/c1-32-18-11-13(9-16-21(28)25-26(22(16)29)14-5-3-2-4-6-14)10-17(23)20(18)33-19-8-7-15(12-24-19)27(30)31/h2-12H,1H3,(H,25,28)/b16-9-. The minimum Gasteiger partial charge on any atom is -0.493 e. The van der Waals surface area contributed by atoms with Gasteiger partial charge >= 0.3 is 0 Å². The highest BCUT2D eigenvalue weighted by atomic mass is 79.9. The number of amides is 2. The van der Waals surface area contributed by atoms with E-state index in [0.29, 0.717) is 21.5 Å². The van der Waals surface area contributed by atoms with Gasteiger partial charge in [-0.15, -0.1) is 0 Å². The Morgan fingerprint density at radius 2 is 1.91 bits per heavy atom. The Labute approximate surface area is 195 Å². The summed E-state index contributed by atoms with van der Waals surface area (Å²) in [6.07, 6.45) is 2.53. The number of rotatable bonds is 6. The maximum Gasteiger partial charge on any atom is 0.287 e. The maximum atomic E-state index is 12.8. The number of ether oxygens (including phenoxy) is 2. The Hall–Kier alpha value is -4.25. The van der Waals surface area contributed by atoms with E-state index >= 15 is 0 Å². The molecule has 0 spiro atoms. The highest BCUT2D eigenvalue weighted by Crippen LogP contribution is 2.40. The molecule has 0 unspecified atom stereocenters. The van der Waals surface area contributed by atoms with Crippen molar-refractivity contribution in [2.24, 2.45) is 0 Å². The molecule has 4 rings (SSSR count). The summed E-state index contributed by atoms with van der Waals surface area (Å²) < 4.78 is 11.6. The van der Waals surface area contributed by atoms with Crippen LogP contribution in [0.4, 0.5) is 11.4 Å². The van der Waals surface area contributed by atoms with Crippen LogP contribution in [-0.2, 0) is 9.59 Å². The van der Waals surface area contributed by atoms with E-state index in [4.69, 9.17) is 9.47 Å². The predicted molar refractivity (Wildman–Crippen MR) is 122 cm³/mol. The van der Waals surface area contributed by atoms with Crippen LogP contribution in [0.5, 0.6) is 17.4 Å². The van der Waals surface area contributed by atoms with Crippen LogP contribution in [0.2, 0.25) is 0 Å². The van der Waals surface area contributed by atoms with Gasteiger partial charge in [0.2, 0.25) is 5.88 Å². The second-order valence-electron chi connectivity index (χ2n) is 6.72. The van der Waals surface area contributed by atoms with Crippen LogP contribution < -0.4 is 19.9 Å². The number of hydrogen-bond acceptors (Lipinski definition) is 7. The lowest BCUT2D eigenvalue weighted by Gasteiger charge is -2.14. The van der Waals surface area contributed by atoms with Crippen molar-refractivity contribution in [2.45, 2.75) is 0 Å². The van der Waals surface area contributed by atoms with Gasteiger partial charge in [0.15, 0.2) is 11.5 Å². The Morgan fingerprint density at radius 1 is 1.15 bits per heavy atom. The summed E-state index contributed by atoms with van der Waals surface area (Å²) in [6, 6.07) is 14.6.